The van der Waals surface area contributed by atoms with E-state index in [9.17, 15) is 0 Å². The number of hydrogen-bond donors (Lipinski definition) is 0. The molecular formula is C23H16N2S. The molecule has 0 fully saturated rings. The molecule has 26 heavy (non-hydrogen) atoms. The molecule has 2 nitrogen and oxygen atoms in total. The summed E-state index contributed by atoms with van der Waals surface area (Å²) < 4.78 is 2.59. The van der Waals surface area contributed by atoms with Crippen LogP contribution in [0.5, 0.6) is 0 Å². The standard InChI is InChI=1S/C23H16N2S/c1-23(2)16-8-5-11-24-20(16)15-9-10-17-18(19(15)23)21-22(26-17)14-7-4-3-6-13(14)12-25-21/h3-12H,1-2H3. The lowest BCUT2D eigenvalue weighted by Crippen LogP contribution is -2.15. The fourth-order valence-electron chi connectivity index (χ4n) is 4.54. The fourth-order valence-corrected chi connectivity index (χ4v) is 5.74. The SMILES string of the molecule is CC1(C)c2cccnc2-c2ccc3sc4c5ccccc5cnc4c3c21. The average Bonchev–Trinajstić information content (AvgIpc) is 3.16. The van der Waals surface area contributed by atoms with Gasteiger partial charge in [0.2, 0.25) is 0 Å². The summed E-state index contributed by atoms with van der Waals surface area (Å²) in [6.45, 7) is 4.62. The third-order valence-electron chi connectivity index (χ3n) is 5.73. The Morgan fingerprint density at radius 1 is 0.923 bits per heavy atom. The summed E-state index contributed by atoms with van der Waals surface area (Å²) >= 11 is 1.85. The van der Waals surface area contributed by atoms with Gasteiger partial charge in [-0.05, 0) is 23.3 Å². The largest absolute Gasteiger partial charge is 0.256 e. The van der Waals surface area contributed by atoms with E-state index in [2.05, 4.69) is 56.3 Å². The van der Waals surface area contributed by atoms with E-state index in [1.165, 1.54) is 42.2 Å². The van der Waals surface area contributed by atoms with Crippen molar-refractivity contribution in [3.8, 4) is 11.3 Å². The minimum atomic E-state index is -0.0697. The lowest BCUT2D eigenvalue weighted by Gasteiger charge is -2.22. The van der Waals surface area contributed by atoms with Crippen molar-refractivity contribution in [3.63, 3.8) is 0 Å². The molecule has 0 bridgehead atoms. The van der Waals surface area contributed by atoms with E-state index in [-0.39, 0.29) is 5.41 Å². The van der Waals surface area contributed by atoms with Crippen LogP contribution in [0.4, 0.5) is 0 Å². The molecule has 3 heterocycles. The Hall–Kier alpha value is -2.78. The highest BCUT2D eigenvalue weighted by Gasteiger charge is 2.38. The van der Waals surface area contributed by atoms with Gasteiger partial charge in [0.15, 0.2) is 0 Å². The molecule has 0 N–H and O–H groups in total. The zero-order valence-corrected chi connectivity index (χ0v) is 15.4. The van der Waals surface area contributed by atoms with Crippen LogP contribution in [0.15, 0.2) is 60.9 Å². The first-order valence-electron chi connectivity index (χ1n) is 8.85. The first kappa shape index (κ1) is 14.4. The van der Waals surface area contributed by atoms with E-state index in [0.717, 1.165) is 11.2 Å². The Labute approximate surface area is 155 Å². The van der Waals surface area contributed by atoms with Gasteiger partial charge < -0.3 is 0 Å². The van der Waals surface area contributed by atoms with Crippen LogP contribution < -0.4 is 0 Å². The van der Waals surface area contributed by atoms with Crippen molar-refractivity contribution in [2.45, 2.75) is 19.3 Å². The maximum absolute atomic E-state index is 4.89. The van der Waals surface area contributed by atoms with Gasteiger partial charge in [-0.2, -0.15) is 0 Å². The van der Waals surface area contributed by atoms with Crippen LogP contribution in [-0.2, 0) is 5.41 Å². The van der Waals surface area contributed by atoms with Crippen LogP contribution in [0.1, 0.15) is 25.0 Å². The van der Waals surface area contributed by atoms with Gasteiger partial charge >= 0.3 is 0 Å². The van der Waals surface area contributed by atoms with Crippen molar-refractivity contribution in [2.75, 3.05) is 0 Å². The third-order valence-corrected chi connectivity index (χ3v) is 6.91. The van der Waals surface area contributed by atoms with Gasteiger partial charge in [0, 0.05) is 44.2 Å². The summed E-state index contributed by atoms with van der Waals surface area (Å²) in [4.78, 5) is 9.59. The van der Waals surface area contributed by atoms with Crippen LogP contribution in [-0.4, -0.2) is 9.97 Å². The van der Waals surface area contributed by atoms with E-state index in [0.29, 0.717) is 0 Å². The smallest absolute Gasteiger partial charge is 0.0898 e. The fraction of sp³-hybridized carbons (Fsp3) is 0.130. The van der Waals surface area contributed by atoms with E-state index >= 15 is 0 Å². The Morgan fingerprint density at radius 2 is 1.81 bits per heavy atom. The zero-order chi connectivity index (χ0) is 17.5. The Balaban J connectivity index is 1.84. The van der Waals surface area contributed by atoms with Gasteiger partial charge in [-0.25, -0.2) is 0 Å². The maximum Gasteiger partial charge on any atom is 0.0898 e. The van der Waals surface area contributed by atoms with Gasteiger partial charge in [-0.3, -0.25) is 9.97 Å². The van der Waals surface area contributed by atoms with Crippen LogP contribution in [0, 0.1) is 0 Å². The molecule has 0 amide bonds. The van der Waals surface area contributed by atoms with Crippen molar-refractivity contribution >= 4 is 42.4 Å². The minimum Gasteiger partial charge on any atom is -0.256 e. The maximum atomic E-state index is 4.89. The average molecular weight is 352 g/mol. The number of fused-ring (bicyclic) bond motifs is 9. The number of hydrogen-bond acceptors (Lipinski definition) is 3. The van der Waals surface area contributed by atoms with E-state index in [4.69, 9.17) is 9.97 Å². The molecule has 0 aliphatic heterocycles. The van der Waals surface area contributed by atoms with Crippen LogP contribution >= 0.6 is 11.3 Å². The van der Waals surface area contributed by atoms with Crippen molar-refractivity contribution in [1.29, 1.82) is 0 Å². The summed E-state index contributed by atoms with van der Waals surface area (Å²) in [5, 5.41) is 3.79. The van der Waals surface area contributed by atoms with Gasteiger partial charge in [-0.1, -0.05) is 50.2 Å². The molecule has 2 aromatic carbocycles. The van der Waals surface area contributed by atoms with E-state index in [1.807, 2.05) is 29.8 Å². The summed E-state index contributed by atoms with van der Waals surface area (Å²) in [6, 6.07) is 17.3. The number of thiophene rings is 1. The first-order valence-corrected chi connectivity index (χ1v) is 9.67. The van der Waals surface area contributed by atoms with Crippen molar-refractivity contribution in [1.82, 2.24) is 9.97 Å². The topological polar surface area (TPSA) is 25.8 Å². The van der Waals surface area contributed by atoms with Gasteiger partial charge in [0.25, 0.3) is 0 Å². The third kappa shape index (κ3) is 1.62. The molecule has 0 unspecified atom stereocenters. The van der Waals surface area contributed by atoms with Crippen LogP contribution in [0.25, 0.3) is 42.3 Å². The summed E-state index contributed by atoms with van der Waals surface area (Å²) in [7, 11) is 0. The predicted octanol–water partition coefficient (Wildman–Crippen LogP) is 6.30. The van der Waals surface area contributed by atoms with Gasteiger partial charge in [-0.15, -0.1) is 11.3 Å². The quantitative estimate of drug-likeness (QED) is 0.327. The molecule has 1 aliphatic rings. The molecule has 6 rings (SSSR count). The molecule has 0 atom stereocenters. The summed E-state index contributed by atoms with van der Waals surface area (Å²) in [6.07, 6.45) is 3.91. The lowest BCUT2D eigenvalue weighted by atomic mass is 9.81. The Morgan fingerprint density at radius 3 is 2.73 bits per heavy atom. The number of benzene rings is 2. The second-order valence-electron chi connectivity index (χ2n) is 7.51. The highest BCUT2D eigenvalue weighted by molar-refractivity contribution is 7.26. The number of aromatic nitrogens is 2. The first-order chi connectivity index (χ1) is 12.7. The van der Waals surface area contributed by atoms with Crippen molar-refractivity contribution in [3.05, 3.63) is 72.1 Å². The summed E-state index contributed by atoms with van der Waals surface area (Å²) in [5.74, 6) is 0. The molecule has 0 saturated carbocycles. The number of pyridine rings is 2. The molecule has 124 valence electrons. The molecule has 3 aromatic heterocycles. The number of nitrogens with zero attached hydrogens (tertiary/aromatic N) is 2. The van der Waals surface area contributed by atoms with E-state index in [1.54, 1.807) is 0 Å². The Bertz CT molecular complexity index is 1360. The second kappa shape index (κ2) is 4.68. The molecule has 0 spiro atoms. The lowest BCUT2D eigenvalue weighted by molar-refractivity contribution is 0.665. The van der Waals surface area contributed by atoms with E-state index < -0.39 is 0 Å². The van der Waals surface area contributed by atoms with Gasteiger partial charge in [0.1, 0.15) is 0 Å². The summed E-state index contributed by atoms with van der Waals surface area (Å²) in [5.41, 5.74) is 6.11. The molecule has 5 aromatic rings. The monoisotopic (exact) mass is 352 g/mol. The molecule has 0 radical (unpaired) electrons. The minimum absolute atomic E-state index is 0.0697. The van der Waals surface area contributed by atoms with Crippen LogP contribution in [0.2, 0.25) is 0 Å². The molecule has 3 heteroatoms. The van der Waals surface area contributed by atoms with Crippen molar-refractivity contribution < 1.29 is 0 Å². The molecular weight excluding hydrogens is 336 g/mol. The second-order valence-corrected chi connectivity index (χ2v) is 8.56. The highest BCUT2D eigenvalue weighted by Crippen LogP contribution is 2.53. The van der Waals surface area contributed by atoms with Crippen LogP contribution in [0.3, 0.4) is 0 Å². The highest BCUT2D eigenvalue weighted by atomic mass is 32.1. The molecule has 0 saturated heterocycles. The van der Waals surface area contributed by atoms with Crippen molar-refractivity contribution in [2.24, 2.45) is 0 Å². The zero-order valence-electron chi connectivity index (χ0n) is 14.6. The van der Waals surface area contributed by atoms with Gasteiger partial charge in [0.05, 0.1) is 15.9 Å². The normalized spacial score (nSPS) is 14.8. The molecule has 1 aliphatic carbocycles. The number of rotatable bonds is 0. The predicted molar refractivity (Wildman–Crippen MR) is 110 cm³/mol. The Kier molecular flexibility index (Phi) is 2.59.